The lowest BCUT2D eigenvalue weighted by atomic mass is 9.86. The van der Waals surface area contributed by atoms with E-state index in [1.807, 2.05) is 0 Å². The summed E-state index contributed by atoms with van der Waals surface area (Å²) in [5.41, 5.74) is 2.72. The summed E-state index contributed by atoms with van der Waals surface area (Å²) in [6, 6.07) is 14.4. The van der Waals surface area contributed by atoms with Crippen LogP contribution in [-0.4, -0.2) is 23.5 Å². The molecule has 0 spiro atoms. The number of carboxylic acid groups (broad SMARTS) is 1. The van der Waals surface area contributed by atoms with E-state index in [1.165, 1.54) is 17.7 Å². The standard InChI is InChI=1S/C21H24O4/c1-21(2,3)17-9-4-15(5-10-17)6-11-18(22)14-25-19-12-7-16(8-13-19)20(23)24/h4-5,7-10,12-13H,6,11,14H2,1-3H3,(H,23,24). The second-order valence-corrected chi connectivity index (χ2v) is 7.10. The van der Waals surface area contributed by atoms with Gasteiger partial charge in [-0.05, 0) is 47.2 Å². The Morgan fingerprint density at radius 3 is 2.08 bits per heavy atom. The molecule has 2 rings (SSSR count). The van der Waals surface area contributed by atoms with E-state index in [1.54, 1.807) is 12.1 Å². The van der Waals surface area contributed by atoms with Crippen LogP contribution in [0.1, 0.15) is 48.7 Å². The van der Waals surface area contributed by atoms with E-state index in [0.29, 0.717) is 18.6 Å². The van der Waals surface area contributed by atoms with Crippen LogP contribution >= 0.6 is 0 Å². The zero-order valence-electron chi connectivity index (χ0n) is 14.9. The van der Waals surface area contributed by atoms with Gasteiger partial charge in [-0.15, -0.1) is 0 Å². The number of Topliss-reactive ketones (excluding diaryl/α,β-unsaturated/α-hetero) is 1. The number of carbonyl (C=O) groups excluding carboxylic acids is 1. The Labute approximate surface area is 148 Å². The first-order valence-corrected chi connectivity index (χ1v) is 8.33. The number of hydrogen-bond acceptors (Lipinski definition) is 3. The molecular formula is C21H24O4. The van der Waals surface area contributed by atoms with Crippen molar-refractivity contribution >= 4 is 11.8 Å². The van der Waals surface area contributed by atoms with Gasteiger partial charge in [-0.25, -0.2) is 4.79 Å². The Morgan fingerprint density at radius 2 is 1.56 bits per heavy atom. The van der Waals surface area contributed by atoms with Crippen LogP contribution in [0.5, 0.6) is 5.75 Å². The van der Waals surface area contributed by atoms with Crippen LogP contribution in [0.2, 0.25) is 0 Å². The van der Waals surface area contributed by atoms with Crippen molar-refractivity contribution in [1.82, 2.24) is 0 Å². The van der Waals surface area contributed by atoms with Crippen molar-refractivity contribution in [3.63, 3.8) is 0 Å². The summed E-state index contributed by atoms with van der Waals surface area (Å²) in [7, 11) is 0. The van der Waals surface area contributed by atoms with Crippen LogP contribution in [0.15, 0.2) is 48.5 Å². The number of rotatable bonds is 7. The van der Waals surface area contributed by atoms with Crippen LogP contribution in [0.4, 0.5) is 0 Å². The average molecular weight is 340 g/mol. The van der Waals surface area contributed by atoms with Crippen molar-refractivity contribution in [2.75, 3.05) is 6.61 Å². The molecular weight excluding hydrogens is 316 g/mol. The number of ketones is 1. The smallest absolute Gasteiger partial charge is 0.335 e. The third-order valence-corrected chi connectivity index (χ3v) is 4.01. The summed E-state index contributed by atoms with van der Waals surface area (Å²) >= 11 is 0. The van der Waals surface area contributed by atoms with Gasteiger partial charge in [-0.1, -0.05) is 45.0 Å². The van der Waals surface area contributed by atoms with E-state index in [9.17, 15) is 9.59 Å². The second kappa shape index (κ2) is 7.97. The molecule has 25 heavy (non-hydrogen) atoms. The third kappa shape index (κ3) is 5.75. The van der Waals surface area contributed by atoms with Crippen molar-refractivity contribution in [3.05, 3.63) is 65.2 Å². The molecule has 2 aromatic carbocycles. The van der Waals surface area contributed by atoms with Gasteiger partial charge in [0.1, 0.15) is 12.4 Å². The SMILES string of the molecule is CC(C)(C)c1ccc(CCC(=O)COc2ccc(C(=O)O)cc2)cc1. The minimum absolute atomic E-state index is 0.00745. The van der Waals surface area contributed by atoms with Gasteiger partial charge in [-0.3, -0.25) is 4.79 Å². The average Bonchev–Trinajstić information content (AvgIpc) is 2.58. The highest BCUT2D eigenvalue weighted by atomic mass is 16.5. The van der Waals surface area contributed by atoms with Crippen LogP contribution < -0.4 is 4.74 Å². The number of carboxylic acids is 1. The van der Waals surface area contributed by atoms with E-state index in [2.05, 4.69) is 45.0 Å². The Hall–Kier alpha value is -2.62. The monoisotopic (exact) mass is 340 g/mol. The van der Waals surface area contributed by atoms with E-state index < -0.39 is 5.97 Å². The molecule has 0 bridgehead atoms. The van der Waals surface area contributed by atoms with Gasteiger partial charge in [0, 0.05) is 6.42 Å². The van der Waals surface area contributed by atoms with Crippen LogP contribution in [0.25, 0.3) is 0 Å². The van der Waals surface area contributed by atoms with Crippen molar-refractivity contribution in [1.29, 1.82) is 0 Å². The molecule has 1 N–H and O–H groups in total. The Balaban J connectivity index is 1.79. The molecule has 0 saturated heterocycles. The fourth-order valence-electron chi connectivity index (χ4n) is 2.38. The first kappa shape index (κ1) is 18.7. The van der Waals surface area contributed by atoms with Gasteiger partial charge in [0.15, 0.2) is 5.78 Å². The Morgan fingerprint density at radius 1 is 0.960 bits per heavy atom. The summed E-state index contributed by atoms with van der Waals surface area (Å²) in [6.45, 7) is 6.51. The quantitative estimate of drug-likeness (QED) is 0.818. The molecule has 0 fully saturated rings. The highest BCUT2D eigenvalue weighted by Crippen LogP contribution is 2.22. The topological polar surface area (TPSA) is 63.6 Å². The van der Waals surface area contributed by atoms with Crippen molar-refractivity contribution < 1.29 is 19.4 Å². The predicted octanol–water partition coefficient (Wildman–Crippen LogP) is 4.26. The van der Waals surface area contributed by atoms with E-state index in [-0.39, 0.29) is 23.4 Å². The molecule has 4 nitrogen and oxygen atoms in total. The molecule has 0 aliphatic carbocycles. The molecule has 0 amide bonds. The normalized spacial score (nSPS) is 11.2. The Kier molecular flexibility index (Phi) is 5.97. The third-order valence-electron chi connectivity index (χ3n) is 4.01. The van der Waals surface area contributed by atoms with Gasteiger partial charge in [0.25, 0.3) is 0 Å². The summed E-state index contributed by atoms with van der Waals surface area (Å²) in [4.78, 5) is 22.8. The van der Waals surface area contributed by atoms with Crippen LogP contribution in [0.3, 0.4) is 0 Å². The number of ether oxygens (including phenoxy) is 1. The molecule has 2 aromatic rings. The first-order valence-electron chi connectivity index (χ1n) is 8.33. The fraction of sp³-hybridized carbons (Fsp3) is 0.333. The maximum absolute atomic E-state index is 12.0. The lowest BCUT2D eigenvalue weighted by Gasteiger charge is -2.19. The molecule has 0 aliphatic heterocycles. The summed E-state index contributed by atoms with van der Waals surface area (Å²) < 4.78 is 5.41. The van der Waals surface area contributed by atoms with E-state index in [4.69, 9.17) is 9.84 Å². The molecule has 0 heterocycles. The lowest BCUT2D eigenvalue weighted by molar-refractivity contribution is -0.121. The number of aromatic carboxylic acids is 1. The zero-order chi connectivity index (χ0) is 18.4. The highest BCUT2D eigenvalue weighted by Gasteiger charge is 2.13. The zero-order valence-corrected chi connectivity index (χ0v) is 14.9. The number of aryl methyl sites for hydroxylation is 1. The van der Waals surface area contributed by atoms with Gasteiger partial charge in [0.2, 0.25) is 0 Å². The molecule has 132 valence electrons. The van der Waals surface area contributed by atoms with Crippen LogP contribution in [0, 0.1) is 0 Å². The molecule has 0 atom stereocenters. The molecule has 0 radical (unpaired) electrons. The van der Waals surface area contributed by atoms with E-state index >= 15 is 0 Å². The van der Waals surface area contributed by atoms with Crippen molar-refractivity contribution in [2.45, 2.75) is 39.0 Å². The minimum Gasteiger partial charge on any atom is -0.486 e. The van der Waals surface area contributed by atoms with Gasteiger partial charge in [-0.2, -0.15) is 0 Å². The van der Waals surface area contributed by atoms with E-state index in [0.717, 1.165) is 5.56 Å². The molecule has 0 saturated carbocycles. The fourth-order valence-corrected chi connectivity index (χ4v) is 2.38. The number of benzene rings is 2. The number of carbonyl (C=O) groups is 2. The molecule has 0 aromatic heterocycles. The molecule has 4 heteroatoms. The molecule has 0 unspecified atom stereocenters. The number of hydrogen-bond donors (Lipinski definition) is 1. The van der Waals surface area contributed by atoms with Gasteiger partial charge >= 0.3 is 5.97 Å². The second-order valence-electron chi connectivity index (χ2n) is 7.10. The minimum atomic E-state index is -0.986. The highest BCUT2D eigenvalue weighted by molar-refractivity contribution is 5.87. The molecule has 0 aliphatic rings. The lowest BCUT2D eigenvalue weighted by Crippen LogP contribution is -2.13. The van der Waals surface area contributed by atoms with Crippen molar-refractivity contribution in [3.8, 4) is 5.75 Å². The summed E-state index contributed by atoms with van der Waals surface area (Å²) in [6.07, 6.45) is 1.10. The maximum atomic E-state index is 12.0. The summed E-state index contributed by atoms with van der Waals surface area (Å²) in [5, 5.41) is 8.84. The Bertz CT molecular complexity index is 722. The maximum Gasteiger partial charge on any atom is 0.335 e. The largest absolute Gasteiger partial charge is 0.486 e. The van der Waals surface area contributed by atoms with Gasteiger partial charge < -0.3 is 9.84 Å². The van der Waals surface area contributed by atoms with Gasteiger partial charge in [0.05, 0.1) is 5.56 Å². The predicted molar refractivity (Wildman–Crippen MR) is 97.4 cm³/mol. The van der Waals surface area contributed by atoms with Crippen molar-refractivity contribution in [2.24, 2.45) is 0 Å². The first-order chi connectivity index (χ1) is 11.8. The summed E-state index contributed by atoms with van der Waals surface area (Å²) in [5.74, 6) is -0.477. The van der Waals surface area contributed by atoms with Crippen LogP contribution in [-0.2, 0) is 16.6 Å².